The molecule has 1 aliphatic rings. The summed E-state index contributed by atoms with van der Waals surface area (Å²) < 4.78 is 23.5. The van der Waals surface area contributed by atoms with Gasteiger partial charge in [0.25, 0.3) is 0 Å². The first kappa shape index (κ1) is 18.1. The number of benzene rings is 2. The van der Waals surface area contributed by atoms with Crippen LogP contribution in [-0.2, 0) is 14.6 Å². The van der Waals surface area contributed by atoms with Crippen LogP contribution < -0.4 is 5.32 Å². The number of rotatable bonds is 6. The minimum atomic E-state index is -3.59. The van der Waals surface area contributed by atoms with Crippen molar-refractivity contribution in [2.24, 2.45) is 5.92 Å². The maximum absolute atomic E-state index is 12.3. The summed E-state index contributed by atoms with van der Waals surface area (Å²) in [5.41, 5.74) is 1.20. The third-order valence-electron chi connectivity index (χ3n) is 4.46. The van der Waals surface area contributed by atoms with Crippen molar-refractivity contribution in [3.8, 4) is 0 Å². The molecule has 0 aromatic heterocycles. The van der Waals surface area contributed by atoms with E-state index in [0.717, 1.165) is 18.7 Å². The lowest BCUT2D eigenvalue weighted by atomic mass is 10.1. The van der Waals surface area contributed by atoms with E-state index in [9.17, 15) is 18.0 Å². The maximum Gasteiger partial charge on any atom is 0.335 e. The van der Waals surface area contributed by atoms with Crippen molar-refractivity contribution in [1.82, 2.24) is 0 Å². The fourth-order valence-electron chi connectivity index (χ4n) is 3.04. The van der Waals surface area contributed by atoms with Crippen LogP contribution in [0.4, 0.5) is 5.69 Å². The third kappa shape index (κ3) is 4.29. The second kappa shape index (κ2) is 6.92. The molecule has 0 radical (unpaired) electrons. The van der Waals surface area contributed by atoms with Crippen LogP contribution in [0.3, 0.4) is 0 Å². The largest absolute Gasteiger partial charge is 0.478 e. The van der Waals surface area contributed by atoms with E-state index in [1.807, 2.05) is 30.3 Å². The van der Waals surface area contributed by atoms with Crippen molar-refractivity contribution in [2.45, 2.75) is 23.7 Å². The van der Waals surface area contributed by atoms with Crippen LogP contribution in [0.25, 0.3) is 0 Å². The molecule has 6 nitrogen and oxygen atoms in total. The van der Waals surface area contributed by atoms with Gasteiger partial charge in [0.1, 0.15) is 0 Å². The average Bonchev–Trinajstić information content (AvgIpc) is 3.33. The highest BCUT2D eigenvalue weighted by atomic mass is 32.2. The van der Waals surface area contributed by atoms with Gasteiger partial charge >= 0.3 is 5.97 Å². The zero-order valence-electron chi connectivity index (χ0n) is 14.2. The van der Waals surface area contributed by atoms with Gasteiger partial charge in [0.2, 0.25) is 5.91 Å². The number of carbonyl (C=O) groups is 2. The fraction of sp³-hybridized carbons (Fsp3) is 0.263. The topological polar surface area (TPSA) is 101 Å². The van der Waals surface area contributed by atoms with Gasteiger partial charge in [0.05, 0.1) is 10.5 Å². The van der Waals surface area contributed by atoms with E-state index < -0.39 is 15.8 Å². The molecule has 7 heteroatoms. The first-order chi connectivity index (χ1) is 12.2. The zero-order chi connectivity index (χ0) is 18.9. The van der Waals surface area contributed by atoms with Gasteiger partial charge in [-0.2, -0.15) is 0 Å². The molecule has 3 rings (SSSR count). The molecule has 1 amide bonds. The molecule has 2 N–H and O–H groups in total. The molecule has 0 saturated heterocycles. The fourth-order valence-corrected chi connectivity index (χ4v) is 3.72. The Morgan fingerprint density at radius 3 is 2.46 bits per heavy atom. The molecule has 136 valence electrons. The van der Waals surface area contributed by atoms with E-state index in [-0.39, 0.29) is 28.0 Å². The van der Waals surface area contributed by atoms with Crippen LogP contribution in [0.1, 0.15) is 34.7 Å². The summed E-state index contributed by atoms with van der Waals surface area (Å²) in [6.07, 6.45) is 2.24. The van der Waals surface area contributed by atoms with E-state index in [1.54, 1.807) is 0 Å². The van der Waals surface area contributed by atoms with Crippen LogP contribution in [0, 0.1) is 5.92 Å². The van der Waals surface area contributed by atoms with E-state index in [0.29, 0.717) is 12.3 Å². The number of amides is 1. The van der Waals surface area contributed by atoms with Gasteiger partial charge in [-0.3, -0.25) is 4.79 Å². The maximum atomic E-state index is 12.3. The number of aromatic carboxylic acids is 1. The van der Waals surface area contributed by atoms with Crippen molar-refractivity contribution in [1.29, 1.82) is 0 Å². The molecule has 2 atom stereocenters. The normalized spacial score (nSPS) is 19.0. The number of nitrogens with one attached hydrogen (secondary N) is 1. The number of carbonyl (C=O) groups excluding carboxylic acids is 1. The SMILES string of the molecule is CS(=O)(=O)c1cc(NC(=O)C[C@@H]2C[C@H]2c2ccccc2)cc(C(=O)O)c1. The molecule has 2 aromatic rings. The molecule has 0 unspecified atom stereocenters. The van der Waals surface area contributed by atoms with Gasteiger partial charge in [-0.1, -0.05) is 30.3 Å². The van der Waals surface area contributed by atoms with Gasteiger partial charge in [-0.25, -0.2) is 13.2 Å². The molecule has 0 bridgehead atoms. The van der Waals surface area contributed by atoms with Crippen molar-refractivity contribution in [2.75, 3.05) is 11.6 Å². The van der Waals surface area contributed by atoms with Gasteiger partial charge in [0, 0.05) is 18.4 Å². The average molecular weight is 373 g/mol. The molecule has 0 heterocycles. The molecule has 1 aliphatic carbocycles. The van der Waals surface area contributed by atoms with Crippen LogP contribution >= 0.6 is 0 Å². The molecule has 2 aromatic carbocycles. The van der Waals surface area contributed by atoms with E-state index in [2.05, 4.69) is 5.32 Å². The molecule has 1 fully saturated rings. The Morgan fingerprint density at radius 1 is 1.15 bits per heavy atom. The Balaban J connectivity index is 1.70. The second-order valence-electron chi connectivity index (χ2n) is 6.59. The summed E-state index contributed by atoms with van der Waals surface area (Å²) in [7, 11) is -3.59. The summed E-state index contributed by atoms with van der Waals surface area (Å²) in [6.45, 7) is 0. The predicted octanol–water partition coefficient (Wildman–Crippen LogP) is 2.92. The summed E-state index contributed by atoms with van der Waals surface area (Å²) >= 11 is 0. The minimum absolute atomic E-state index is 0.138. The monoisotopic (exact) mass is 373 g/mol. The van der Waals surface area contributed by atoms with Crippen LogP contribution in [-0.4, -0.2) is 31.7 Å². The molecule has 26 heavy (non-hydrogen) atoms. The minimum Gasteiger partial charge on any atom is -0.478 e. The highest BCUT2D eigenvalue weighted by molar-refractivity contribution is 7.90. The molecular formula is C19H19NO5S. The standard InChI is InChI=1S/C19H19NO5S/c1-26(24,25)16-8-14(19(22)23)7-15(11-16)20-18(21)10-13-9-17(13)12-5-3-2-4-6-12/h2-8,11,13,17H,9-10H2,1H3,(H,20,21)(H,22,23)/t13-,17-/m0/s1. The molecule has 1 saturated carbocycles. The van der Waals surface area contributed by atoms with Crippen molar-refractivity contribution >= 4 is 27.4 Å². The zero-order valence-corrected chi connectivity index (χ0v) is 15.0. The Bertz CT molecular complexity index is 953. The number of anilines is 1. The smallest absolute Gasteiger partial charge is 0.335 e. The van der Waals surface area contributed by atoms with Gasteiger partial charge in [0.15, 0.2) is 9.84 Å². The number of hydrogen-bond donors (Lipinski definition) is 2. The van der Waals surface area contributed by atoms with Crippen LogP contribution in [0.15, 0.2) is 53.4 Å². The number of carboxylic acid groups (broad SMARTS) is 1. The third-order valence-corrected chi connectivity index (χ3v) is 5.56. The molecule has 0 spiro atoms. The van der Waals surface area contributed by atoms with E-state index in [1.165, 1.54) is 17.7 Å². The van der Waals surface area contributed by atoms with Gasteiger partial charge < -0.3 is 10.4 Å². The predicted molar refractivity (Wildman–Crippen MR) is 97.0 cm³/mol. The lowest BCUT2D eigenvalue weighted by molar-refractivity contribution is -0.116. The number of carboxylic acids is 1. The summed E-state index contributed by atoms with van der Waals surface area (Å²) in [5.74, 6) is -0.902. The quantitative estimate of drug-likeness (QED) is 0.811. The van der Waals surface area contributed by atoms with Crippen molar-refractivity contribution in [3.05, 3.63) is 59.7 Å². The number of sulfone groups is 1. The highest BCUT2D eigenvalue weighted by Gasteiger charge is 2.39. The molecule has 0 aliphatic heterocycles. The second-order valence-corrected chi connectivity index (χ2v) is 8.60. The summed E-state index contributed by atoms with van der Waals surface area (Å²) in [4.78, 5) is 23.3. The molecular weight excluding hydrogens is 354 g/mol. The Kier molecular flexibility index (Phi) is 4.82. The van der Waals surface area contributed by atoms with Gasteiger partial charge in [-0.05, 0) is 42.0 Å². The Hall–Kier alpha value is -2.67. The van der Waals surface area contributed by atoms with Gasteiger partial charge in [-0.15, -0.1) is 0 Å². The van der Waals surface area contributed by atoms with Crippen LogP contribution in [0.5, 0.6) is 0 Å². The first-order valence-electron chi connectivity index (χ1n) is 8.17. The van der Waals surface area contributed by atoms with Crippen molar-refractivity contribution < 1.29 is 23.1 Å². The van der Waals surface area contributed by atoms with Crippen molar-refractivity contribution in [3.63, 3.8) is 0 Å². The van der Waals surface area contributed by atoms with E-state index >= 15 is 0 Å². The van der Waals surface area contributed by atoms with E-state index in [4.69, 9.17) is 5.11 Å². The summed E-state index contributed by atoms with van der Waals surface area (Å²) in [5, 5.41) is 11.8. The highest BCUT2D eigenvalue weighted by Crippen LogP contribution is 2.49. The lowest BCUT2D eigenvalue weighted by Gasteiger charge is -2.09. The number of hydrogen-bond acceptors (Lipinski definition) is 4. The van der Waals surface area contributed by atoms with Crippen LogP contribution in [0.2, 0.25) is 0 Å². The lowest BCUT2D eigenvalue weighted by Crippen LogP contribution is -2.14. The summed E-state index contributed by atoms with van der Waals surface area (Å²) in [6, 6.07) is 13.6. The first-order valence-corrected chi connectivity index (χ1v) is 10.1. The Labute approximate surface area is 151 Å². The Morgan fingerprint density at radius 2 is 1.85 bits per heavy atom.